The van der Waals surface area contributed by atoms with Crippen LogP contribution in [-0.2, 0) is 9.53 Å². The molecule has 1 aliphatic rings. The normalized spacial score (nSPS) is 37.0. The molecular weight excluding hydrogens is 206 g/mol. The van der Waals surface area contributed by atoms with Crippen molar-refractivity contribution in [3.63, 3.8) is 0 Å². The third-order valence-corrected chi connectivity index (χ3v) is 3.28. The van der Waals surface area contributed by atoms with Crippen LogP contribution in [0.5, 0.6) is 0 Å². The van der Waals surface area contributed by atoms with Crippen molar-refractivity contribution in [3.8, 4) is 0 Å². The van der Waals surface area contributed by atoms with E-state index >= 15 is 0 Å². The highest BCUT2D eigenvalue weighted by molar-refractivity contribution is 5.79. The number of hydrogen-bond donors (Lipinski definition) is 2. The third-order valence-electron chi connectivity index (χ3n) is 3.28. The minimum atomic E-state index is -0.813. The van der Waals surface area contributed by atoms with E-state index in [0.29, 0.717) is 12.8 Å². The number of carbonyl (C=O) groups is 1. The maximum Gasteiger partial charge on any atom is 0.324 e. The van der Waals surface area contributed by atoms with Crippen LogP contribution in [0.25, 0.3) is 0 Å². The van der Waals surface area contributed by atoms with Crippen LogP contribution in [-0.4, -0.2) is 34.9 Å². The van der Waals surface area contributed by atoms with Crippen molar-refractivity contribution in [3.05, 3.63) is 0 Å². The number of hydrogen-bond acceptors (Lipinski definition) is 3. The fourth-order valence-corrected chi connectivity index (χ4v) is 2.49. The highest BCUT2D eigenvalue weighted by Gasteiger charge is 2.45. The van der Waals surface area contributed by atoms with E-state index in [-0.39, 0.29) is 18.2 Å². The summed E-state index contributed by atoms with van der Waals surface area (Å²) in [5, 5.41) is 12.7. The van der Waals surface area contributed by atoms with Crippen LogP contribution in [0.1, 0.15) is 47.0 Å². The van der Waals surface area contributed by atoms with E-state index in [1.54, 1.807) is 0 Å². The molecule has 1 rings (SSSR count). The molecule has 4 nitrogen and oxygen atoms in total. The fraction of sp³-hybridized carbons (Fsp3) is 0.917. The first kappa shape index (κ1) is 13.5. The molecule has 0 bridgehead atoms. The average molecular weight is 229 g/mol. The van der Waals surface area contributed by atoms with Crippen molar-refractivity contribution in [2.24, 2.45) is 0 Å². The second kappa shape index (κ2) is 5.15. The molecule has 0 spiro atoms. The standard InChI is InChI=1S/C12H23NO3/c1-5-8(2)13-12(11(14)15)6-9(3)16-10(4)7-12/h8-10,13H,5-7H2,1-4H3,(H,14,15). The van der Waals surface area contributed by atoms with E-state index < -0.39 is 11.5 Å². The van der Waals surface area contributed by atoms with Gasteiger partial charge in [-0.1, -0.05) is 6.92 Å². The Bertz CT molecular complexity index is 245. The van der Waals surface area contributed by atoms with E-state index in [1.165, 1.54) is 0 Å². The van der Waals surface area contributed by atoms with Crippen molar-refractivity contribution in [1.29, 1.82) is 0 Å². The van der Waals surface area contributed by atoms with Crippen LogP contribution in [0.2, 0.25) is 0 Å². The SMILES string of the molecule is CCC(C)NC1(C(=O)O)CC(C)OC(C)C1. The Balaban J connectivity index is 2.82. The molecule has 94 valence electrons. The summed E-state index contributed by atoms with van der Waals surface area (Å²) in [6.45, 7) is 7.95. The number of ether oxygens (including phenoxy) is 1. The first-order chi connectivity index (χ1) is 7.39. The number of carboxylic acids is 1. The van der Waals surface area contributed by atoms with Crippen molar-refractivity contribution in [1.82, 2.24) is 5.32 Å². The first-order valence-corrected chi connectivity index (χ1v) is 6.06. The molecule has 0 radical (unpaired) electrons. The molecule has 1 heterocycles. The molecule has 3 unspecified atom stereocenters. The van der Waals surface area contributed by atoms with Crippen molar-refractivity contribution >= 4 is 5.97 Å². The lowest BCUT2D eigenvalue weighted by atomic mass is 9.83. The smallest absolute Gasteiger partial charge is 0.324 e. The summed E-state index contributed by atoms with van der Waals surface area (Å²) in [5.41, 5.74) is -0.813. The van der Waals surface area contributed by atoms with Gasteiger partial charge < -0.3 is 9.84 Å². The zero-order chi connectivity index (χ0) is 12.3. The molecule has 0 aromatic carbocycles. The molecule has 0 amide bonds. The van der Waals surface area contributed by atoms with E-state index in [2.05, 4.69) is 12.2 Å². The second-order valence-corrected chi connectivity index (χ2v) is 5.01. The van der Waals surface area contributed by atoms with Crippen molar-refractivity contribution in [2.75, 3.05) is 0 Å². The fourth-order valence-electron chi connectivity index (χ4n) is 2.49. The van der Waals surface area contributed by atoms with Gasteiger partial charge in [0.25, 0.3) is 0 Å². The van der Waals surface area contributed by atoms with E-state index in [9.17, 15) is 9.90 Å². The molecule has 0 aliphatic carbocycles. The predicted molar refractivity (Wildman–Crippen MR) is 62.5 cm³/mol. The van der Waals surface area contributed by atoms with Gasteiger partial charge in [-0.25, -0.2) is 0 Å². The molecule has 16 heavy (non-hydrogen) atoms. The van der Waals surface area contributed by atoms with E-state index in [0.717, 1.165) is 6.42 Å². The minimum absolute atomic E-state index is 0.00333. The Morgan fingerprint density at radius 3 is 2.38 bits per heavy atom. The van der Waals surface area contributed by atoms with Gasteiger partial charge in [-0.2, -0.15) is 0 Å². The quantitative estimate of drug-likeness (QED) is 0.771. The van der Waals surface area contributed by atoms with Gasteiger partial charge in [0.1, 0.15) is 5.54 Å². The van der Waals surface area contributed by atoms with Crippen LogP contribution in [0.4, 0.5) is 0 Å². The lowest BCUT2D eigenvalue weighted by molar-refractivity contribution is -0.156. The van der Waals surface area contributed by atoms with Gasteiger partial charge in [0.15, 0.2) is 0 Å². The van der Waals surface area contributed by atoms with Crippen molar-refractivity contribution in [2.45, 2.75) is 70.7 Å². The van der Waals surface area contributed by atoms with Crippen LogP contribution >= 0.6 is 0 Å². The number of aliphatic carboxylic acids is 1. The van der Waals surface area contributed by atoms with Crippen LogP contribution < -0.4 is 5.32 Å². The van der Waals surface area contributed by atoms with E-state index in [1.807, 2.05) is 20.8 Å². The Morgan fingerprint density at radius 1 is 1.50 bits per heavy atom. The lowest BCUT2D eigenvalue weighted by Gasteiger charge is -2.42. The minimum Gasteiger partial charge on any atom is -0.480 e. The van der Waals surface area contributed by atoms with E-state index in [4.69, 9.17) is 4.74 Å². The van der Waals surface area contributed by atoms with Crippen LogP contribution in [0, 0.1) is 0 Å². The zero-order valence-corrected chi connectivity index (χ0v) is 10.6. The van der Waals surface area contributed by atoms with Gasteiger partial charge >= 0.3 is 5.97 Å². The van der Waals surface area contributed by atoms with Gasteiger partial charge in [-0.15, -0.1) is 0 Å². The maximum atomic E-state index is 11.5. The molecule has 4 heteroatoms. The molecule has 0 aromatic heterocycles. The van der Waals surface area contributed by atoms with Gasteiger partial charge in [-0.3, -0.25) is 10.1 Å². The van der Waals surface area contributed by atoms with Crippen molar-refractivity contribution < 1.29 is 14.6 Å². The second-order valence-electron chi connectivity index (χ2n) is 5.01. The molecule has 1 saturated heterocycles. The Hall–Kier alpha value is -0.610. The Morgan fingerprint density at radius 2 is 2.00 bits per heavy atom. The summed E-state index contributed by atoms with van der Waals surface area (Å²) in [7, 11) is 0. The molecule has 2 N–H and O–H groups in total. The number of rotatable bonds is 4. The lowest BCUT2D eigenvalue weighted by Crippen LogP contribution is -2.60. The number of carboxylic acid groups (broad SMARTS) is 1. The molecule has 1 fully saturated rings. The predicted octanol–water partition coefficient (Wildman–Crippen LogP) is 1.79. The van der Waals surface area contributed by atoms with Gasteiger partial charge in [0.2, 0.25) is 0 Å². The Labute approximate surface area is 97.4 Å². The zero-order valence-electron chi connectivity index (χ0n) is 10.6. The van der Waals surface area contributed by atoms with Crippen LogP contribution in [0.15, 0.2) is 0 Å². The summed E-state index contributed by atoms with van der Waals surface area (Å²) < 4.78 is 5.60. The molecule has 0 aromatic rings. The molecule has 3 atom stereocenters. The largest absolute Gasteiger partial charge is 0.480 e. The van der Waals surface area contributed by atoms with Gasteiger partial charge in [0.05, 0.1) is 12.2 Å². The van der Waals surface area contributed by atoms with Gasteiger partial charge in [-0.05, 0) is 27.2 Å². The summed E-state index contributed by atoms with van der Waals surface area (Å²) in [4.78, 5) is 11.5. The maximum absolute atomic E-state index is 11.5. The summed E-state index contributed by atoms with van der Waals surface area (Å²) >= 11 is 0. The summed E-state index contributed by atoms with van der Waals surface area (Å²) in [5.74, 6) is -0.755. The molecular formula is C12H23NO3. The summed E-state index contributed by atoms with van der Waals surface area (Å²) in [6.07, 6.45) is 2.00. The Kier molecular flexibility index (Phi) is 4.33. The third kappa shape index (κ3) is 2.95. The monoisotopic (exact) mass is 229 g/mol. The number of nitrogens with one attached hydrogen (secondary N) is 1. The highest BCUT2D eigenvalue weighted by atomic mass is 16.5. The molecule has 1 aliphatic heterocycles. The topological polar surface area (TPSA) is 58.6 Å². The highest BCUT2D eigenvalue weighted by Crippen LogP contribution is 2.29. The average Bonchev–Trinajstić information content (AvgIpc) is 2.15. The van der Waals surface area contributed by atoms with Gasteiger partial charge in [0, 0.05) is 18.9 Å². The molecule has 0 saturated carbocycles. The summed E-state index contributed by atoms with van der Waals surface area (Å²) in [6, 6.07) is 0.216. The van der Waals surface area contributed by atoms with Crippen LogP contribution in [0.3, 0.4) is 0 Å². The first-order valence-electron chi connectivity index (χ1n) is 6.06.